The first-order valence-electron chi connectivity index (χ1n) is 10.8. The van der Waals surface area contributed by atoms with Crippen molar-refractivity contribution in [2.24, 2.45) is 0 Å². The molecular weight excluding hydrogens is 370 g/mol. The van der Waals surface area contributed by atoms with Gasteiger partial charge in [0.05, 0.1) is 24.2 Å². The fraction of sp³-hybridized carbons (Fsp3) is 0.652. The minimum Gasteiger partial charge on any atom is -0.504 e. The molecule has 0 aromatic heterocycles. The number of piperidine rings is 1. The highest BCUT2D eigenvalue weighted by Gasteiger charge is 2.77. The summed E-state index contributed by atoms with van der Waals surface area (Å²) in [5, 5.41) is 23.0. The van der Waals surface area contributed by atoms with Crippen LogP contribution in [0.5, 0.6) is 11.5 Å². The van der Waals surface area contributed by atoms with Crippen molar-refractivity contribution in [3.63, 3.8) is 0 Å². The second-order valence-electron chi connectivity index (χ2n) is 9.60. The van der Waals surface area contributed by atoms with E-state index in [-0.39, 0.29) is 11.8 Å². The molecule has 4 atom stereocenters. The van der Waals surface area contributed by atoms with Crippen LogP contribution in [0.15, 0.2) is 23.8 Å². The van der Waals surface area contributed by atoms with E-state index in [0.717, 1.165) is 31.5 Å². The number of hydrogen-bond donors (Lipinski definition) is 2. The molecule has 1 aromatic carbocycles. The Labute approximate surface area is 171 Å². The van der Waals surface area contributed by atoms with Crippen LogP contribution < -0.4 is 4.74 Å². The van der Waals surface area contributed by atoms with E-state index in [0.29, 0.717) is 31.8 Å². The third-order valence-corrected chi connectivity index (χ3v) is 8.09. The van der Waals surface area contributed by atoms with E-state index < -0.39 is 22.9 Å². The fourth-order valence-electron chi connectivity index (χ4n) is 6.87. The van der Waals surface area contributed by atoms with Crippen molar-refractivity contribution in [2.45, 2.75) is 68.5 Å². The van der Waals surface area contributed by atoms with E-state index in [1.54, 1.807) is 6.07 Å². The van der Waals surface area contributed by atoms with E-state index >= 15 is 0 Å². The largest absolute Gasteiger partial charge is 0.504 e. The average Bonchev–Trinajstić information content (AvgIpc) is 3.29. The molecule has 3 fully saturated rings. The molecule has 1 aromatic rings. The lowest BCUT2D eigenvalue weighted by molar-refractivity contribution is -0.296. The maximum atomic E-state index is 12.3. The number of likely N-dealkylation sites (tertiary alicyclic amines) is 1. The molecular formula is C23H29NO5. The van der Waals surface area contributed by atoms with Gasteiger partial charge < -0.3 is 24.4 Å². The molecule has 29 heavy (non-hydrogen) atoms. The van der Waals surface area contributed by atoms with Crippen LogP contribution in [-0.2, 0) is 21.3 Å². The van der Waals surface area contributed by atoms with Gasteiger partial charge in [-0.15, -0.1) is 0 Å². The standard InChI is InChI=1S/C23H29NO5/c1-14(2)5-9-24-10-8-21-18-15-3-4-16(25)19(18)29-20(21)23(27-11-12-28-23)7-6-22(21,26)17(24)13-15/h3-5,17,20,25-26H,6-13H2,1-2H3. The maximum Gasteiger partial charge on any atom is 0.207 e. The van der Waals surface area contributed by atoms with Crippen LogP contribution in [0.2, 0.25) is 0 Å². The van der Waals surface area contributed by atoms with Gasteiger partial charge in [-0.05, 0) is 51.3 Å². The van der Waals surface area contributed by atoms with Crippen LogP contribution in [0.3, 0.4) is 0 Å². The zero-order valence-corrected chi connectivity index (χ0v) is 17.1. The van der Waals surface area contributed by atoms with Crippen LogP contribution in [-0.4, -0.2) is 65.0 Å². The summed E-state index contributed by atoms with van der Waals surface area (Å²) in [7, 11) is 0. The third kappa shape index (κ3) is 2.06. The van der Waals surface area contributed by atoms with Gasteiger partial charge in [0.15, 0.2) is 17.6 Å². The summed E-state index contributed by atoms with van der Waals surface area (Å²) in [5.74, 6) is -0.158. The third-order valence-electron chi connectivity index (χ3n) is 8.09. The molecule has 2 aliphatic carbocycles. The van der Waals surface area contributed by atoms with Crippen LogP contribution in [0.25, 0.3) is 0 Å². The van der Waals surface area contributed by atoms with Gasteiger partial charge in [-0.2, -0.15) is 0 Å². The molecule has 6 heteroatoms. The number of fused-ring (bicyclic) bond motifs is 1. The van der Waals surface area contributed by atoms with Crippen molar-refractivity contribution in [3.8, 4) is 11.5 Å². The first-order valence-corrected chi connectivity index (χ1v) is 10.8. The first-order chi connectivity index (χ1) is 13.9. The number of allylic oxidation sites excluding steroid dienone is 1. The van der Waals surface area contributed by atoms with Crippen molar-refractivity contribution < 1.29 is 24.4 Å². The highest BCUT2D eigenvalue weighted by molar-refractivity contribution is 5.62. The second kappa shape index (κ2) is 5.76. The van der Waals surface area contributed by atoms with Gasteiger partial charge in [0.25, 0.3) is 0 Å². The molecule has 3 aliphatic heterocycles. The van der Waals surface area contributed by atoms with Crippen LogP contribution in [0, 0.1) is 0 Å². The van der Waals surface area contributed by atoms with Crippen molar-refractivity contribution in [3.05, 3.63) is 34.9 Å². The highest BCUT2D eigenvalue weighted by Crippen LogP contribution is 2.67. The molecule has 2 bridgehead atoms. The van der Waals surface area contributed by atoms with Gasteiger partial charge in [-0.1, -0.05) is 17.7 Å². The summed E-state index contributed by atoms with van der Waals surface area (Å²) >= 11 is 0. The number of benzene rings is 1. The van der Waals surface area contributed by atoms with Gasteiger partial charge in [-0.25, -0.2) is 0 Å². The molecule has 2 N–H and O–H groups in total. The Balaban J connectivity index is 1.55. The van der Waals surface area contributed by atoms with Crippen LogP contribution in [0.4, 0.5) is 0 Å². The minimum atomic E-state index is -0.933. The predicted octanol–water partition coefficient (Wildman–Crippen LogP) is 2.26. The summed E-state index contributed by atoms with van der Waals surface area (Å²) in [6, 6.07) is 3.75. The molecule has 0 amide bonds. The molecule has 2 spiro atoms. The monoisotopic (exact) mass is 399 g/mol. The predicted molar refractivity (Wildman–Crippen MR) is 106 cm³/mol. The Morgan fingerprint density at radius 1 is 1.21 bits per heavy atom. The molecule has 156 valence electrons. The molecule has 3 heterocycles. The Hall–Kier alpha value is -1.60. The lowest BCUT2D eigenvalue weighted by Crippen LogP contribution is -2.79. The van der Waals surface area contributed by atoms with Gasteiger partial charge in [0, 0.05) is 24.6 Å². The van der Waals surface area contributed by atoms with E-state index in [9.17, 15) is 10.2 Å². The smallest absolute Gasteiger partial charge is 0.207 e. The fourth-order valence-corrected chi connectivity index (χ4v) is 6.87. The SMILES string of the molecule is CC(C)=CCN1CCC23c4c5ccc(O)c4OC2C2(CCC3(O)C1C5)OCCO2. The molecule has 6 rings (SSSR count). The first kappa shape index (κ1) is 18.2. The highest BCUT2D eigenvalue weighted by atomic mass is 16.8. The summed E-state index contributed by atoms with van der Waals surface area (Å²) in [6.07, 6.45) is 4.55. The van der Waals surface area contributed by atoms with Gasteiger partial charge >= 0.3 is 0 Å². The number of phenols is 1. The van der Waals surface area contributed by atoms with E-state index in [2.05, 4.69) is 24.8 Å². The molecule has 4 unspecified atom stereocenters. The van der Waals surface area contributed by atoms with E-state index in [1.165, 1.54) is 11.1 Å². The normalized spacial score (nSPS) is 38.6. The molecule has 6 nitrogen and oxygen atoms in total. The van der Waals surface area contributed by atoms with E-state index in [1.807, 2.05) is 6.07 Å². The number of phenolic OH excluding ortho intramolecular Hbond substituents is 1. The molecule has 2 saturated heterocycles. The van der Waals surface area contributed by atoms with Crippen LogP contribution >= 0.6 is 0 Å². The van der Waals surface area contributed by atoms with Crippen molar-refractivity contribution in [1.82, 2.24) is 4.90 Å². The number of nitrogens with zero attached hydrogens (tertiary/aromatic N) is 1. The Morgan fingerprint density at radius 2 is 2.00 bits per heavy atom. The lowest BCUT2D eigenvalue weighted by atomic mass is 9.48. The zero-order valence-electron chi connectivity index (χ0n) is 17.1. The lowest BCUT2D eigenvalue weighted by Gasteiger charge is -2.65. The van der Waals surface area contributed by atoms with Crippen molar-refractivity contribution >= 4 is 0 Å². The van der Waals surface area contributed by atoms with E-state index in [4.69, 9.17) is 14.2 Å². The quantitative estimate of drug-likeness (QED) is 0.744. The van der Waals surface area contributed by atoms with Crippen LogP contribution in [0.1, 0.15) is 44.2 Å². The Kier molecular flexibility index (Phi) is 3.61. The Bertz CT molecular complexity index is 903. The Morgan fingerprint density at radius 3 is 2.76 bits per heavy atom. The zero-order chi connectivity index (χ0) is 20.0. The summed E-state index contributed by atoms with van der Waals surface area (Å²) in [6.45, 7) is 7.03. The topological polar surface area (TPSA) is 71.4 Å². The number of rotatable bonds is 2. The summed E-state index contributed by atoms with van der Waals surface area (Å²) in [4.78, 5) is 2.43. The van der Waals surface area contributed by atoms with Gasteiger partial charge in [0.2, 0.25) is 5.79 Å². The number of aliphatic hydroxyl groups is 1. The minimum absolute atomic E-state index is 0.0136. The van der Waals surface area contributed by atoms with Crippen molar-refractivity contribution in [1.29, 1.82) is 0 Å². The van der Waals surface area contributed by atoms with Crippen molar-refractivity contribution in [2.75, 3.05) is 26.3 Å². The summed E-state index contributed by atoms with van der Waals surface area (Å²) < 4.78 is 18.8. The average molecular weight is 399 g/mol. The number of hydrogen-bond acceptors (Lipinski definition) is 6. The molecule has 1 saturated carbocycles. The molecule has 0 radical (unpaired) electrons. The van der Waals surface area contributed by atoms with Gasteiger partial charge in [-0.3, -0.25) is 4.90 Å². The van der Waals surface area contributed by atoms with Gasteiger partial charge in [0.1, 0.15) is 0 Å². The number of ether oxygens (including phenoxy) is 3. The number of aromatic hydroxyl groups is 1. The second-order valence-corrected chi connectivity index (χ2v) is 9.60. The maximum absolute atomic E-state index is 12.3. The summed E-state index contributed by atoms with van der Waals surface area (Å²) in [5.41, 5.74) is 1.92. The molecule has 5 aliphatic rings.